The molecule has 1 saturated heterocycles. The monoisotopic (exact) mass is 515 g/mol. The summed E-state index contributed by atoms with van der Waals surface area (Å²) >= 11 is 0. The Morgan fingerprint density at radius 2 is 1.53 bits per heavy atom. The van der Waals surface area contributed by atoms with Gasteiger partial charge in [0, 0.05) is 11.1 Å². The van der Waals surface area contributed by atoms with Crippen LogP contribution >= 0.6 is 0 Å². The van der Waals surface area contributed by atoms with Gasteiger partial charge in [-0.05, 0) is 97.4 Å². The molecule has 0 aliphatic carbocycles. The fraction of sp³-hybridized carbons (Fsp3) is 0.312. The summed E-state index contributed by atoms with van der Waals surface area (Å²) in [6.45, 7) is 9.56. The van der Waals surface area contributed by atoms with Crippen molar-refractivity contribution in [3.8, 4) is 39.9 Å². The van der Waals surface area contributed by atoms with Crippen LogP contribution in [0.25, 0.3) is 11.1 Å². The van der Waals surface area contributed by atoms with E-state index in [1.165, 1.54) is 0 Å². The van der Waals surface area contributed by atoms with Gasteiger partial charge in [-0.3, -0.25) is 4.90 Å². The third-order valence-electron chi connectivity index (χ3n) is 7.14. The van der Waals surface area contributed by atoms with Crippen molar-refractivity contribution >= 4 is 0 Å². The van der Waals surface area contributed by atoms with E-state index in [0.29, 0.717) is 35.7 Å². The Kier molecular flexibility index (Phi) is 8.64. The fourth-order valence-electron chi connectivity index (χ4n) is 5.35. The Hall–Kier alpha value is -3.90. The highest BCUT2D eigenvalue weighted by Crippen LogP contribution is 2.47. The molecule has 2 N–H and O–H groups in total. The first-order valence-corrected chi connectivity index (χ1v) is 12.9. The second-order valence-electron chi connectivity index (χ2n) is 9.51. The highest BCUT2D eigenvalue weighted by Gasteiger charge is 2.31. The number of aromatic hydroxyl groups is 2. The maximum Gasteiger partial charge on any atom is 0.203 e. The van der Waals surface area contributed by atoms with Crippen LogP contribution in [0.3, 0.4) is 0 Å². The zero-order chi connectivity index (χ0) is 27.2. The van der Waals surface area contributed by atoms with Crippen molar-refractivity contribution in [2.45, 2.75) is 31.7 Å². The zero-order valence-corrected chi connectivity index (χ0v) is 22.5. The van der Waals surface area contributed by atoms with Gasteiger partial charge in [-0.1, -0.05) is 18.2 Å². The molecule has 1 aliphatic heterocycles. The Balaban J connectivity index is 1.96. The molecule has 1 fully saturated rings. The van der Waals surface area contributed by atoms with E-state index < -0.39 is 0 Å². The van der Waals surface area contributed by atoms with Gasteiger partial charge in [0.2, 0.25) is 5.75 Å². The van der Waals surface area contributed by atoms with E-state index in [1.54, 1.807) is 33.5 Å². The lowest BCUT2D eigenvalue weighted by atomic mass is 9.89. The lowest BCUT2D eigenvalue weighted by molar-refractivity contribution is 0.272. The number of likely N-dealkylation sites (tertiary alicyclic amines) is 1. The zero-order valence-electron chi connectivity index (χ0n) is 22.5. The van der Waals surface area contributed by atoms with Gasteiger partial charge in [0.05, 0.1) is 27.4 Å². The van der Waals surface area contributed by atoms with E-state index in [0.717, 1.165) is 53.7 Å². The van der Waals surface area contributed by atoms with Crippen molar-refractivity contribution in [2.75, 3.05) is 34.4 Å². The summed E-state index contributed by atoms with van der Waals surface area (Å²) in [6, 6.07) is 13.2. The molecule has 0 spiro atoms. The number of hydrogen-bond donors (Lipinski definition) is 2. The Bertz CT molecular complexity index is 1280. The number of nitrogens with zero attached hydrogens (tertiary/aromatic N) is 1. The van der Waals surface area contributed by atoms with E-state index in [-0.39, 0.29) is 17.5 Å². The molecule has 1 atom stereocenters. The van der Waals surface area contributed by atoms with Crippen LogP contribution in [0.2, 0.25) is 0 Å². The standard InChI is InChI=1S/C32H37NO5/c1-6-10-21-16-25(22-12-13-27(34)23(18-22)11-7-2)31(35)26(17-21)30(33-14-8-9-15-33)24-19-28(36-3)32(38-5)29(20-24)37-4/h6-7,12-13,16-20,30,34-35H,1-2,8-11,14-15H2,3-5H3. The molecule has 3 aromatic carbocycles. The second kappa shape index (κ2) is 12.1. The number of ether oxygens (including phenoxy) is 3. The normalized spacial score (nSPS) is 14.2. The first kappa shape index (κ1) is 27.1. The summed E-state index contributed by atoms with van der Waals surface area (Å²) in [7, 11) is 4.81. The van der Waals surface area contributed by atoms with Gasteiger partial charge < -0.3 is 24.4 Å². The summed E-state index contributed by atoms with van der Waals surface area (Å²) in [5.41, 5.74) is 5.08. The van der Waals surface area contributed by atoms with Crippen LogP contribution in [0, 0.1) is 0 Å². The van der Waals surface area contributed by atoms with Gasteiger partial charge in [-0.25, -0.2) is 0 Å². The fourth-order valence-corrected chi connectivity index (χ4v) is 5.35. The predicted octanol–water partition coefficient (Wildman–Crippen LogP) is 6.43. The molecule has 0 aromatic heterocycles. The third kappa shape index (κ3) is 5.36. The SMILES string of the molecule is C=CCc1cc(-c2ccc(O)c(CC=C)c2)c(O)c(C(c2cc(OC)c(OC)c(OC)c2)N2CCCC2)c1. The van der Waals surface area contributed by atoms with Crippen molar-refractivity contribution in [3.63, 3.8) is 0 Å². The van der Waals surface area contributed by atoms with Crippen LogP contribution in [0.15, 0.2) is 67.8 Å². The number of phenolic OH excluding ortho intramolecular Hbond substituents is 2. The maximum atomic E-state index is 11.8. The molecule has 3 aromatic rings. The lowest BCUT2D eigenvalue weighted by Crippen LogP contribution is -2.27. The molecule has 6 nitrogen and oxygen atoms in total. The average Bonchev–Trinajstić information content (AvgIpc) is 3.45. The Morgan fingerprint density at radius 3 is 2.11 bits per heavy atom. The Labute approximate surface area is 225 Å². The molecule has 6 heteroatoms. The quantitative estimate of drug-likeness (QED) is 0.287. The maximum absolute atomic E-state index is 11.8. The molecule has 0 bridgehead atoms. The molecule has 200 valence electrons. The molecule has 0 saturated carbocycles. The first-order valence-electron chi connectivity index (χ1n) is 12.9. The van der Waals surface area contributed by atoms with Crippen LogP contribution in [-0.2, 0) is 12.8 Å². The number of phenols is 2. The van der Waals surface area contributed by atoms with Gasteiger partial charge in [0.25, 0.3) is 0 Å². The smallest absolute Gasteiger partial charge is 0.203 e. The number of benzene rings is 3. The van der Waals surface area contributed by atoms with E-state index in [1.807, 2.05) is 36.4 Å². The average molecular weight is 516 g/mol. The molecule has 38 heavy (non-hydrogen) atoms. The van der Waals surface area contributed by atoms with Gasteiger partial charge >= 0.3 is 0 Å². The van der Waals surface area contributed by atoms with Crippen LogP contribution in [-0.4, -0.2) is 49.5 Å². The highest BCUT2D eigenvalue weighted by atomic mass is 16.5. The third-order valence-corrected chi connectivity index (χ3v) is 7.14. The topological polar surface area (TPSA) is 71.4 Å². The summed E-state index contributed by atoms with van der Waals surface area (Å²) in [6.07, 6.45) is 6.98. The van der Waals surface area contributed by atoms with Gasteiger partial charge in [-0.2, -0.15) is 0 Å². The largest absolute Gasteiger partial charge is 0.508 e. The molecule has 4 rings (SSSR count). The van der Waals surface area contributed by atoms with E-state index >= 15 is 0 Å². The predicted molar refractivity (Wildman–Crippen MR) is 152 cm³/mol. The van der Waals surface area contributed by atoms with Gasteiger partial charge in [-0.15, -0.1) is 13.2 Å². The molecular weight excluding hydrogens is 478 g/mol. The number of rotatable bonds is 11. The summed E-state index contributed by atoms with van der Waals surface area (Å²) in [4.78, 5) is 2.39. The van der Waals surface area contributed by atoms with E-state index in [2.05, 4.69) is 24.1 Å². The van der Waals surface area contributed by atoms with E-state index in [9.17, 15) is 10.2 Å². The van der Waals surface area contributed by atoms with Gasteiger partial charge in [0.15, 0.2) is 11.5 Å². The Morgan fingerprint density at radius 1 is 0.868 bits per heavy atom. The van der Waals surface area contributed by atoms with Crippen LogP contribution in [0.1, 0.15) is 41.1 Å². The molecular formula is C32H37NO5. The minimum atomic E-state index is -0.237. The minimum Gasteiger partial charge on any atom is -0.508 e. The van der Waals surface area contributed by atoms with Crippen molar-refractivity contribution in [3.05, 3.63) is 90.0 Å². The van der Waals surface area contributed by atoms with Crippen molar-refractivity contribution in [1.82, 2.24) is 4.90 Å². The number of hydrogen-bond acceptors (Lipinski definition) is 6. The lowest BCUT2D eigenvalue weighted by Gasteiger charge is -2.31. The molecule has 1 unspecified atom stereocenters. The molecule has 0 radical (unpaired) electrons. The summed E-state index contributed by atoms with van der Waals surface area (Å²) < 4.78 is 16.9. The molecule has 0 amide bonds. The van der Waals surface area contributed by atoms with Crippen molar-refractivity contribution in [1.29, 1.82) is 0 Å². The van der Waals surface area contributed by atoms with Crippen molar-refractivity contribution < 1.29 is 24.4 Å². The number of allylic oxidation sites excluding steroid dienone is 2. The first-order chi connectivity index (χ1) is 18.4. The second-order valence-corrected chi connectivity index (χ2v) is 9.51. The van der Waals surface area contributed by atoms with Gasteiger partial charge in [0.1, 0.15) is 11.5 Å². The van der Waals surface area contributed by atoms with Crippen LogP contribution < -0.4 is 14.2 Å². The summed E-state index contributed by atoms with van der Waals surface area (Å²) in [5, 5.41) is 22.2. The highest BCUT2D eigenvalue weighted by molar-refractivity contribution is 5.75. The van der Waals surface area contributed by atoms with E-state index in [4.69, 9.17) is 14.2 Å². The molecule has 1 aliphatic rings. The van der Waals surface area contributed by atoms with Crippen molar-refractivity contribution in [2.24, 2.45) is 0 Å². The minimum absolute atomic E-state index is 0.207. The van der Waals surface area contributed by atoms with Crippen LogP contribution in [0.4, 0.5) is 0 Å². The molecule has 1 heterocycles. The van der Waals surface area contributed by atoms with Crippen LogP contribution in [0.5, 0.6) is 28.7 Å². The number of methoxy groups -OCH3 is 3. The summed E-state index contributed by atoms with van der Waals surface area (Å²) in [5.74, 6) is 2.09.